The largest absolute Gasteiger partial charge is 0.479 e. The lowest BCUT2D eigenvalue weighted by atomic mass is 10.2. The zero-order valence-electron chi connectivity index (χ0n) is 14.7. The van der Waals surface area contributed by atoms with E-state index in [9.17, 15) is 4.79 Å². The summed E-state index contributed by atoms with van der Waals surface area (Å²) in [6.45, 7) is 1.44. The SMILES string of the molecule is CC(Oc1ncccc1C(Oc1ccccc1)Oc1ccccc1)C(=O)O. The van der Waals surface area contributed by atoms with Crippen LogP contribution >= 0.6 is 0 Å². The molecule has 1 heterocycles. The summed E-state index contributed by atoms with van der Waals surface area (Å²) in [5.74, 6) is 0.249. The van der Waals surface area contributed by atoms with Crippen molar-refractivity contribution in [2.45, 2.75) is 19.3 Å². The highest BCUT2D eigenvalue weighted by Crippen LogP contribution is 2.30. The van der Waals surface area contributed by atoms with Crippen molar-refractivity contribution in [3.05, 3.63) is 84.6 Å². The smallest absolute Gasteiger partial charge is 0.344 e. The molecular weight excluding hydrogens is 346 g/mol. The molecule has 1 atom stereocenters. The van der Waals surface area contributed by atoms with Crippen molar-refractivity contribution in [3.63, 3.8) is 0 Å². The zero-order chi connectivity index (χ0) is 19.1. The second kappa shape index (κ2) is 8.71. The lowest BCUT2D eigenvalue weighted by molar-refractivity contribution is -0.144. The first-order valence-electron chi connectivity index (χ1n) is 8.41. The number of ether oxygens (including phenoxy) is 3. The first-order valence-corrected chi connectivity index (χ1v) is 8.41. The van der Waals surface area contributed by atoms with E-state index in [1.165, 1.54) is 13.1 Å². The molecule has 0 aliphatic rings. The van der Waals surface area contributed by atoms with E-state index in [0.29, 0.717) is 17.1 Å². The highest BCUT2D eigenvalue weighted by Gasteiger charge is 2.24. The van der Waals surface area contributed by atoms with E-state index < -0.39 is 18.4 Å². The highest BCUT2D eigenvalue weighted by atomic mass is 16.7. The second-order valence-corrected chi connectivity index (χ2v) is 5.69. The fourth-order valence-corrected chi connectivity index (χ4v) is 2.30. The van der Waals surface area contributed by atoms with Gasteiger partial charge in [0.2, 0.25) is 5.88 Å². The fourth-order valence-electron chi connectivity index (χ4n) is 2.30. The number of aliphatic carboxylic acids is 1. The van der Waals surface area contributed by atoms with Gasteiger partial charge in [-0.15, -0.1) is 0 Å². The van der Waals surface area contributed by atoms with Gasteiger partial charge in [0.25, 0.3) is 6.29 Å². The fraction of sp³-hybridized carbons (Fsp3) is 0.143. The Bertz CT molecular complexity index is 829. The van der Waals surface area contributed by atoms with Crippen LogP contribution in [0.25, 0.3) is 0 Å². The molecule has 3 aromatic rings. The lowest BCUT2D eigenvalue weighted by Gasteiger charge is -2.23. The van der Waals surface area contributed by atoms with Crippen LogP contribution in [-0.2, 0) is 4.79 Å². The van der Waals surface area contributed by atoms with Gasteiger partial charge in [-0.3, -0.25) is 0 Å². The number of rotatable bonds is 8. The summed E-state index contributed by atoms with van der Waals surface area (Å²) < 4.78 is 17.5. The minimum absolute atomic E-state index is 0.143. The van der Waals surface area contributed by atoms with Crippen molar-refractivity contribution in [3.8, 4) is 17.4 Å². The lowest BCUT2D eigenvalue weighted by Crippen LogP contribution is -2.25. The van der Waals surface area contributed by atoms with Crippen molar-refractivity contribution in [1.82, 2.24) is 4.98 Å². The number of pyridine rings is 1. The molecule has 0 aliphatic heterocycles. The van der Waals surface area contributed by atoms with Gasteiger partial charge in [-0.2, -0.15) is 0 Å². The summed E-state index contributed by atoms with van der Waals surface area (Å²) in [5.41, 5.74) is 0.485. The maximum atomic E-state index is 11.2. The van der Waals surface area contributed by atoms with Gasteiger partial charge in [0.15, 0.2) is 6.10 Å². The third kappa shape index (κ3) is 4.98. The number of para-hydroxylation sites is 2. The van der Waals surface area contributed by atoms with Crippen LogP contribution in [0.5, 0.6) is 17.4 Å². The summed E-state index contributed by atoms with van der Waals surface area (Å²) in [6, 6.07) is 21.8. The maximum Gasteiger partial charge on any atom is 0.344 e. The summed E-state index contributed by atoms with van der Waals surface area (Å²) in [5, 5.41) is 9.13. The second-order valence-electron chi connectivity index (χ2n) is 5.69. The van der Waals surface area contributed by atoms with Crippen LogP contribution in [0.2, 0.25) is 0 Å². The molecular formula is C21H19NO5. The van der Waals surface area contributed by atoms with E-state index in [1.807, 2.05) is 36.4 Å². The van der Waals surface area contributed by atoms with Gasteiger partial charge < -0.3 is 19.3 Å². The average Bonchev–Trinajstić information content (AvgIpc) is 2.69. The molecule has 27 heavy (non-hydrogen) atoms. The molecule has 2 aromatic carbocycles. The number of benzene rings is 2. The number of aromatic nitrogens is 1. The van der Waals surface area contributed by atoms with Crippen molar-refractivity contribution >= 4 is 5.97 Å². The molecule has 0 bridgehead atoms. The van der Waals surface area contributed by atoms with Crippen molar-refractivity contribution in [2.75, 3.05) is 0 Å². The highest BCUT2D eigenvalue weighted by molar-refractivity contribution is 5.72. The monoisotopic (exact) mass is 365 g/mol. The van der Waals surface area contributed by atoms with Crippen LogP contribution in [0.4, 0.5) is 0 Å². The van der Waals surface area contributed by atoms with Crippen molar-refractivity contribution < 1.29 is 24.1 Å². The molecule has 0 spiro atoms. The summed E-state index contributed by atoms with van der Waals surface area (Å²) in [6.07, 6.45) is -0.414. The third-order valence-electron chi connectivity index (χ3n) is 3.66. The van der Waals surface area contributed by atoms with Gasteiger partial charge in [0.05, 0.1) is 5.56 Å². The van der Waals surface area contributed by atoms with Crippen LogP contribution in [0.15, 0.2) is 79.0 Å². The number of carboxylic acids is 1. The molecule has 1 unspecified atom stereocenters. The van der Waals surface area contributed by atoms with E-state index >= 15 is 0 Å². The third-order valence-corrected chi connectivity index (χ3v) is 3.66. The van der Waals surface area contributed by atoms with E-state index in [0.717, 1.165) is 0 Å². The Labute approximate surface area is 157 Å². The number of carboxylic acid groups (broad SMARTS) is 1. The molecule has 1 N–H and O–H groups in total. The van der Waals surface area contributed by atoms with Crippen LogP contribution in [0, 0.1) is 0 Å². The Morgan fingerprint density at radius 1 is 0.852 bits per heavy atom. The Hall–Kier alpha value is -3.54. The maximum absolute atomic E-state index is 11.2. The van der Waals surface area contributed by atoms with Crippen LogP contribution in [-0.4, -0.2) is 22.2 Å². The van der Waals surface area contributed by atoms with Crippen LogP contribution in [0.3, 0.4) is 0 Å². The van der Waals surface area contributed by atoms with E-state index in [2.05, 4.69) is 4.98 Å². The molecule has 0 fully saturated rings. The number of nitrogens with zero attached hydrogens (tertiary/aromatic N) is 1. The van der Waals surface area contributed by atoms with Crippen LogP contribution < -0.4 is 14.2 Å². The quantitative estimate of drug-likeness (QED) is 0.606. The molecule has 0 saturated carbocycles. The van der Waals surface area contributed by atoms with E-state index in [-0.39, 0.29) is 5.88 Å². The molecule has 0 radical (unpaired) electrons. The molecule has 0 amide bonds. The van der Waals surface area contributed by atoms with Gasteiger partial charge in [-0.25, -0.2) is 9.78 Å². The standard InChI is InChI=1S/C21H19NO5/c1-15(20(23)24)25-19-18(13-8-14-22-19)21(26-16-9-4-2-5-10-16)27-17-11-6-3-7-12-17/h2-15,21H,1H3,(H,23,24). The van der Waals surface area contributed by atoms with E-state index in [1.54, 1.807) is 36.4 Å². The minimum Gasteiger partial charge on any atom is -0.479 e. The molecule has 0 aliphatic carbocycles. The molecule has 3 rings (SSSR count). The van der Waals surface area contributed by atoms with Crippen LogP contribution in [0.1, 0.15) is 18.8 Å². The van der Waals surface area contributed by atoms with Gasteiger partial charge in [0.1, 0.15) is 11.5 Å². The topological polar surface area (TPSA) is 77.9 Å². The van der Waals surface area contributed by atoms with Gasteiger partial charge >= 0.3 is 5.97 Å². The van der Waals surface area contributed by atoms with Crippen molar-refractivity contribution in [1.29, 1.82) is 0 Å². The Balaban J connectivity index is 1.93. The number of carbonyl (C=O) groups is 1. The predicted octanol–water partition coefficient (Wildman–Crippen LogP) is 4.09. The Kier molecular flexibility index (Phi) is 5.89. The summed E-state index contributed by atoms with van der Waals surface area (Å²) in [4.78, 5) is 15.3. The molecule has 1 aromatic heterocycles. The summed E-state index contributed by atoms with van der Waals surface area (Å²) >= 11 is 0. The molecule has 6 heteroatoms. The molecule has 6 nitrogen and oxygen atoms in total. The van der Waals surface area contributed by atoms with Gasteiger partial charge in [0, 0.05) is 6.20 Å². The van der Waals surface area contributed by atoms with Gasteiger partial charge in [-0.05, 0) is 43.3 Å². The normalized spacial score (nSPS) is 11.6. The van der Waals surface area contributed by atoms with E-state index in [4.69, 9.17) is 19.3 Å². The summed E-state index contributed by atoms with van der Waals surface area (Å²) in [7, 11) is 0. The Morgan fingerprint density at radius 3 is 1.93 bits per heavy atom. The first kappa shape index (κ1) is 18.3. The molecule has 138 valence electrons. The van der Waals surface area contributed by atoms with Gasteiger partial charge in [-0.1, -0.05) is 36.4 Å². The average molecular weight is 365 g/mol. The van der Waals surface area contributed by atoms with Crippen molar-refractivity contribution in [2.24, 2.45) is 0 Å². The first-order chi connectivity index (χ1) is 13.1. The Morgan fingerprint density at radius 2 is 1.41 bits per heavy atom. The minimum atomic E-state index is -1.09. The number of hydrogen-bond acceptors (Lipinski definition) is 5. The molecule has 0 saturated heterocycles. The number of hydrogen-bond donors (Lipinski definition) is 1. The predicted molar refractivity (Wildman–Crippen MR) is 98.8 cm³/mol. The zero-order valence-corrected chi connectivity index (χ0v) is 14.7.